The van der Waals surface area contributed by atoms with Gasteiger partial charge in [-0.3, -0.25) is 4.79 Å². The van der Waals surface area contributed by atoms with Crippen LogP contribution >= 0.6 is 11.8 Å². The third kappa shape index (κ3) is 6.90. The Balaban J connectivity index is 2.12. The predicted octanol–water partition coefficient (Wildman–Crippen LogP) is 5.02. The SMILES string of the molecule is CCN(CC)c1cc(C(F)(F)F)nc(SCc2ccc(C(=O)NCC(C)C)cc2)n1. The van der Waals surface area contributed by atoms with Crippen molar-refractivity contribution in [3.8, 4) is 0 Å². The second-order valence-electron chi connectivity index (χ2n) is 7.15. The van der Waals surface area contributed by atoms with Crippen LogP contribution in [0.1, 0.15) is 49.3 Å². The van der Waals surface area contributed by atoms with Crippen molar-refractivity contribution in [1.29, 1.82) is 0 Å². The molecule has 0 unspecified atom stereocenters. The molecule has 0 spiro atoms. The molecule has 0 radical (unpaired) electrons. The van der Waals surface area contributed by atoms with Crippen LogP contribution in [-0.2, 0) is 11.9 Å². The number of hydrogen-bond acceptors (Lipinski definition) is 5. The van der Waals surface area contributed by atoms with E-state index in [1.54, 1.807) is 29.2 Å². The van der Waals surface area contributed by atoms with Crippen LogP contribution in [0.25, 0.3) is 0 Å². The Hall–Kier alpha value is -2.29. The van der Waals surface area contributed by atoms with E-state index in [1.807, 2.05) is 27.7 Å². The lowest BCUT2D eigenvalue weighted by Crippen LogP contribution is -2.27. The van der Waals surface area contributed by atoms with E-state index < -0.39 is 11.9 Å². The van der Waals surface area contributed by atoms with Gasteiger partial charge in [0.05, 0.1) is 0 Å². The van der Waals surface area contributed by atoms with E-state index in [9.17, 15) is 18.0 Å². The largest absolute Gasteiger partial charge is 0.433 e. The monoisotopic (exact) mass is 440 g/mol. The number of carbonyl (C=O) groups excluding carboxylic acids is 1. The van der Waals surface area contributed by atoms with Crippen molar-refractivity contribution >= 4 is 23.5 Å². The van der Waals surface area contributed by atoms with Gasteiger partial charge in [0.25, 0.3) is 5.91 Å². The summed E-state index contributed by atoms with van der Waals surface area (Å²) >= 11 is 1.14. The molecule has 0 fully saturated rings. The Labute approximate surface area is 179 Å². The molecule has 0 aliphatic rings. The van der Waals surface area contributed by atoms with Crippen molar-refractivity contribution in [2.75, 3.05) is 24.5 Å². The number of hydrogen-bond donors (Lipinski definition) is 1. The quantitative estimate of drug-likeness (QED) is 0.438. The first-order valence-electron chi connectivity index (χ1n) is 9.85. The summed E-state index contributed by atoms with van der Waals surface area (Å²) in [6.07, 6.45) is -4.54. The van der Waals surface area contributed by atoms with Gasteiger partial charge in [0.2, 0.25) is 0 Å². The highest BCUT2D eigenvalue weighted by atomic mass is 32.2. The van der Waals surface area contributed by atoms with Crippen LogP contribution in [0.4, 0.5) is 19.0 Å². The number of alkyl halides is 3. The third-order valence-electron chi connectivity index (χ3n) is 4.32. The first-order chi connectivity index (χ1) is 14.1. The topological polar surface area (TPSA) is 58.1 Å². The highest BCUT2D eigenvalue weighted by Gasteiger charge is 2.34. The third-order valence-corrected chi connectivity index (χ3v) is 5.24. The number of benzene rings is 1. The highest BCUT2D eigenvalue weighted by Crippen LogP contribution is 2.32. The van der Waals surface area contributed by atoms with Gasteiger partial charge in [-0.05, 0) is 37.5 Å². The first kappa shape index (κ1) is 24.0. The van der Waals surface area contributed by atoms with Gasteiger partial charge in [0.1, 0.15) is 5.82 Å². The average molecular weight is 441 g/mol. The van der Waals surface area contributed by atoms with E-state index in [-0.39, 0.29) is 16.9 Å². The molecule has 164 valence electrons. The average Bonchev–Trinajstić information content (AvgIpc) is 2.71. The Morgan fingerprint density at radius 2 is 1.77 bits per heavy atom. The van der Waals surface area contributed by atoms with Crippen molar-refractivity contribution in [3.05, 3.63) is 47.2 Å². The van der Waals surface area contributed by atoms with Gasteiger partial charge >= 0.3 is 6.18 Å². The molecule has 0 saturated carbocycles. The molecule has 5 nitrogen and oxygen atoms in total. The summed E-state index contributed by atoms with van der Waals surface area (Å²) in [6.45, 7) is 9.46. The van der Waals surface area contributed by atoms with Gasteiger partial charge in [-0.25, -0.2) is 9.97 Å². The van der Waals surface area contributed by atoms with Crippen molar-refractivity contribution in [2.24, 2.45) is 5.92 Å². The van der Waals surface area contributed by atoms with Gasteiger partial charge in [0.15, 0.2) is 10.9 Å². The molecule has 2 aromatic rings. The summed E-state index contributed by atoms with van der Waals surface area (Å²) in [7, 11) is 0. The predicted molar refractivity (Wildman–Crippen MR) is 114 cm³/mol. The molecule has 2 rings (SSSR count). The number of amides is 1. The van der Waals surface area contributed by atoms with Crippen LogP contribution < -0.4 is 10.2 Å². The number of thioether (sulfide) groups is 1. The fraction of sp³-hybridized carbons (Fsp3) is 0.476. The molecule has 0 saturated heterocycles. The summed E-state index contributed by atoms with van der Waals surface area (Å²) in [4.78, 5) is 21.8. The van der Waals surface area contributed by atoms with Crippen molar-refractivity contribution in [1.82, 2.24) is 15.3 Å². The van der Waals surface area contributed by atoms with E-state index >= 15 is 0 Å². The minimum Gasteiger partial charge on any atom is -0.357 e. The number of nitrogens with zero attached hydrogens (tertiary/aromatic N) is 3. The van der Waals surface area contributed by atoms with Gasteiger partial charge < -0.3 is 10.2 Å². The molecule has 1 heterocycles. The van der Waals surface area contributed by atoms with Crippen LogP contribution in [0, 0.1) is 5.92 Å². The summed E-state index contributed by atoms with van der Waals surface area (Å²) < 4.78 is 39.8. The minimum absolute atomic E-state index is 0.0745. The fourth-order valence-corrected chi connectivity index (χ4v) is 3.44. The van der Waals surface area contributed by atoms with Crippen molar-refractivity contribution < 1.29 is 18.0 Å². The number of anilines is 1. The smallest absolute Gasteiger partial charge is 0.357 e. The van der Waals surface area contributed by atoms with Crippen LogP contribution in [0.3, 0.4) is 0 Å². The van der Waals surface area contributed by atoms with Gasteiger partial charge in [-0.15, -0.1) is 0 Å². The van der Waals surface area contributed by atoms with Crippen molar-refractivity contribution in [3.63, 3.8) is 0 Å². The van der Waals surface area contributed by atoms with Crippen LogP contribution in [-0.4, -0.2) is 35.5 Å². The molecule has 0 aliphatic carbocycles. The normalized spacial score (nSPS) is 11.6. The Morgan fingerprint density at radius 3 is 2.30 bits per heavy atom. The number of nitrogens with one attached hydrogen (secondary N) is 1. The molecule has 1 amide bonds. The standard InChI is InChI=1S/C21H27F3N4OS/c1-5-28(6-2)18-11-17(21(22,23)24)26-20(27-18)30-13-15-7-9-16(10-8-15)19(29)25-12-14(3)4/h7-11,14H,5-6,12-13H2,1-4H3,(H,25,29). The first-order valence-corrected chi connectivity index (χ1v) is 10.8. The Bertz CT molecular complexity index is 837. The zero-order valence-electron chi connectivity index (χ0n) is 17.6. The molecule has 0 aliphatic heterocycles. The molecule has 9 heteroatoms. The maximum Gasteiger partial charge on any atom is 0.433 e. The lowest BCUT2D eigenvalue weighted by atomic mass is 10.1. The summed E-state index contributed by atoms with van der Waals surface area (Å²) in [6, 6.07) is 7.98. The van der Waals surface area contributed by atoms with E-state index in [0.717, 1.165) is 23.4 Å². The van der Waals surface area contributed by atoms with E-state index in [4.69, 9.17) is 0 Å². The summed E-state index contributed by atoms with van der Waals surface area (Å²) in [5, 5.41) is 2.92. The van der Waals surface area contributed by atoms with Crippen LogP contribution in [0.15, 0.2) is 35.5 Å². The van der Waals surface area contributed by atoms with Crippen LogP contribution in [0.2, 0.25) is 0 Å². The number of rotatable bonds is 9. The second kappa shape index (κ2) is 10.7. The molecule has 1 aromatic heterocycles. The Morgan fingerprint density at radius 1 is 1.13 bits per heavy atom. The maximum absolute atomic E-state index is 13.3. The second-order valence-corrected chi connectivity index (χ2v) is 8.10. The molecular formula is C21H27F3N4OS. The van der Waals surface area contributed by atoms with E-state index in [1.165, 1.54) is 0 Å². The van der Waals surface area contributed by atoms with Gasteiger partial charge in [0, 0.05) is 37.0 Å². The molecule has 30 heavy (non-hydrogen) atoms. The zero-order valence-corrected chi connectivity index (χ0v) is 18.4. The van der Waals surface area contributed by atoms with Crippen molar-refractivity contribution in [2.45, 2.75) is 44.8 Å². The number of aromatic nitrogens is 2. The van der Waals surface area contributed by atoms with E-state index in [2.05, 4.69) is 15.3 Å². The molecule has 1 N–H and O–H groups in total. The van der Waals surface area contributed by atoms with Crippen LogP contribution in [0.5, 0.6) is 0 Å². The molecule has 1 aromatic carbocycles. The number of halogens is 3. The lowest BCUT2D eigenvalue weighted by Gasteiger charge is -2.21. The number of carbonyl (C=O) groups is 1. The molecule has 0 atom stereocenters. The lowest BCUT2D eigenvalue weighted by molar-refractivity contribution is -0.141. The van der Waals surface area contributed by atoms with Gasteiger partial charge in [-0.2, -0.15) is 13.2 Å². The fourth-order valence-electron chi connectivity index (χ4n) is 2.63. The van der Waals surface area contributed by atoms with E-state index in [0.29, 0.717) is 36.9 Å². The molecule has 0 bridgehead atoms. The highest BCUT2D eigenvalue weighted by molar-refractivity contribution is 7.98. The zero-order chi connectivity index (χ0) is 22.3. The minimum atomic E-state index is -4.54. The Kier molecular flexibility index (Phi) is 8.52. The summed E-state index contributed by atoms with van der Waals surface area (Å²) in [5.74, 6) is 0.876. The van der Waals surface area contributed by atoms with Gasteiger partial charge in [-0.1, -0.05) is 37.7 Å². The maximum atomic E-state index is 13.3. The molecular weight excluding hydrogens is 413 g/mol. The summed E-state index contributed by atoms with van der Waals surface area (Å²) in [5.41, 5.74) is 0.466.